The lowest BCUT2D eigenvalue weighted by Gasteiger charge is -2.09. The number of nitrogens with one attached hydrogen (secondary N) is 1. The molecule has 6 heteroatoms. The van der Waals surface area contributed by atoms with Crippen LogP contribution in [0.5, 0.6) is 0 Å². The summed E-state index contributed by atoms with van der Waals surface area (Å²) in [4.78, 5) is 24.4. The minimum atomic E-state index is -0.259. The number of Topliss-reactive ketones (excluding diaryl/α,β-unsaturated/α-hetero) is 1. The van der Waals surface area contributed by atoms with Gasteiger partial charge in [0.25, 0.3) is 0 Å². The van der Waals surface area contributed by atoms with E-state index in [-0.39, 0.29) is 23.7 Å². The van der Waals surface area contributed by atoms with Crippen LogP contribution in [0.15, 0.2) is 66.9 Å². The van der Waals surface area contributed by atoms with Crippen molar-refractivity contribution in [2.24, 2.45) is 0 Å². The molecule has 1 heterocycles. The Hall–Kier alpha value is -3.72. The van der Waals surface area contributed by atoms with Gasteiger partial charge in [0, 0.05) is 18.4 Å². The maximum absolute atomic E-state index is 12.3. The van der Waals surface area contributed by atoms with Gasteiger partial charge in [-0.1, -0.05) is 48.5 Å². The molecular weight excluding hydrogens is 340 g/mol. The zero-order valence-electron chi connectivity index (χ0n) is 14.6. The molecule has 0 saturated heterocycles. The molecular formula is C21H18N4O2. The summed E-state index contributed by atoms with van der Waals surface area (Å²) in [5.41, 5.74) is 1.67. The number of hydrogen-bond acceptors (Lipinski definition) is 4. The third-order valence-electron chi connectivity index (χ3n) is 4.05. The molecule has 1 amide bonds. The molecule has 0 atom stereocenters. The predicted octanol–water partition coefficient (Wildman–Crippen LogP) is 3.74. The average Bonchev–Trinajstić information content (AvgIpc) is 3.11. The Labute approximate surface area is 157 Å². The molecule has 0 aliphatic heterocycles. The van der Waals surface area contributed by atoms with Gasteiger partial charge < -0.3 is 5.32 Å². The van der Waals surface area contributed by atoms with E-state index in [9.17, 15) is 14.9 Å². The summed E-state index contributed by atoms with van der Waals surface area (Å²) in [5.74, 6) is 0.0866. The van der Waals surface area contributed by atoms with Crippen LogP contribution in [0.2, 0.25) is 0 Å². The Balaban J connectivity index is 1.62. The van der Waals surface area contributed by atoms with E-state index in [0.29, 0.717) is 24.2 Å². The number of hydrogen-bond donors (Lipinski definition) is 1. The van der Waals surface area contributed by atoms with Crippen molar-refractivity contribution in [2.75, 3.05) is 5.32 Å². The number of amides is 1. The fraction of sp³-hybridized carbons (Fsp3) is 0.143. The van der Waals surface area contributed by atoms with Crippen LogP contribution in [0.3, 0.4) is 0 Å². The predicted molar refractivity (Wildman–Crippen MR) is 102 cm³/mol. The standard InChI is InChI=1S/C21H18N4O2/c22-14-17-15-23-25(18-10-5-2-6-11-18)21(17)24-20(27)13-7-12-19(26)16-8-3-1-4-9-16/h1-6,8-11,15H,7,12-13H2,(H,24,27). The Morgan fingerprint density at radius 2 is 1.67 bits per heavy atom. The molecule has 27 heavy (non-hydrogen) atoms. The van der Waals surface area contributed by atoms with Crippen LogP contribution in [0.25, 0.3) is 5.69 Å². The molecule has 0 aliphatic rings. The molecule has 0 spiro atoms. The number of rotatable bonds is 7. The van der Waals surface area contributed by atoms with Crippen molar-refractivity contribution in [2.45, 2.75) is 19.3 Å². The number of para-hydroxylation sites is 1. The van der Waals surface area contributed by atoms with Crippen LogP contribution < -0.4 is 5.32 Å². The SMILES string of the molecule is N#Cc1cnn(-c2ccccc2)c1NC(=O)CCCC(=O)c1ccccc1. The van der Waals surface area contributed by atoms with E-state index in [2.05, 4.69) is 10.4 Å². The second-order valence-electron chi connectivity index (χ2n) is 5.96. The molecule has 0 unspecified atom stereocenters. The highest BCUT2D eigenvalue weighted by atomic mass is 16.1. The van der Waals surface area contributed by atoms with Gasteiger partial charge in [-0.2, -0.15) is 10.4 Å². The van der Waals surface area contributed by atoms with Gasteiger partial charge in [-0.25, -0.2) is 4.68 Å². The van der Waals surface area contributed by atoms with Crippen LogP contribution in [0.1, 0.15) is 35.2 Å². The van der Waals surface area contributed by atoms with Crippen LogP contribution in [-0.2, 0) is 4.79 Å². The van der Waals surface area contributed by atoms with Crippen molar-refractivity contribution in [1.29, 1.82) is 5.26 Å². The minimum absolute atomic E-state index is 0.00967. The topological polar surface area (TPSA) is 87.8 Å². The van der Waals surface area contributed by atoms with Gasteiger partial charge in [-0.15, -0.1) is 0 Å². The number of nitriles is 1. The molecule has 1 aromatic heterocycles. The first-order valence-corrected chi connectivity index (χ1v) is 8.60. The molecule has 0 bridgehead atoms. The largest absolute Gasteiger partial charge is 0.309 e. The lowest BCUT2D eigenvalue weighted by molar-refractivity contribution is -0.116. The van der Waals surface area contributed by atoms with E-state index >= 15 is 0 Å². The summed E-state index contributed by atoms with van der Waals surface area (Å²) in [6.07, 6.45) is 2.33. The van der Waals surface area contributed by atoms with E-state index in [0.717, 1.165) is 5.69 Å². The van der Waals surface area contributed by atoms with Crippen LogP contribution >= 0.6 is 0 Å². The van der Waals surface area contributed by atoms with E-state index in [1.165, 1.54) is 10.9 Å². The fourth-order valence-corrected chi connectivity index (χ4v) is 2.69. The number of benzene rings is 2. The third-order valence-corrected chi connectivity index (χ3v) is 4.05. The third kappa shape index (κ3) is 4.47. The van der Waals surface area contributed by atoms with Gasteiger partial charge in [-0.05, 0) is 18.6 Å². The number of carbonyl (C=O) groups excluding carboxylic acids is 2. The van der Waals surface area contributed by atoms with Gasteiger partial charge >= 0.3 is 0 Å². The number of nitrogens with zero attached hydrogens (tertiary/aromatic N) is 3. The Morgan fingerprint density at radius 1 is 1.00 bits per heavy atom. The summed E-state index contributed by atoms with van der Waals surface area (Å²) < 4.78 is 1.52. The normalized spacial score (nSPS) is 10.2. The summed E-state index contributed by atoms with van der Waals surface area (Å²) in [7, 11) is 0. The maximum Gasteiger partial charge on any atom is 0.225 e. The van der Waals surface area contributed by atoms with E-state index in [4.69, 9.17) is 0 Å². The Bertz CT molecular complexity index is 972. The number of aromatic nitrogens is 2. The number of carbonyl (C=O) groups is 2. The highest BCUT2D eigenvalue weighted by Gasteiger charge is 2.15. The molecule has 3 aromatic rings. The first-order chi connectivity index (χ1) is 13.2. The zero-order valence-corrected chi connectivity index (χ0v) is 14.6. The van der Waals surface area contributed by atoms with Gasteiger partial charge in [0.2, 0.25) is 5.91 Å². The molecule has 3 rings (SSSR count). The van der Waals surface area contributed by atoms with Gasteiger partial charge in [0.05, 0.1) is 11.9 Å². The number of ketones is 1. The highest BCUT2D eigenvalue weighted by Crippen LogP contribution is 2.20. The molecule has 1 N–H and O–H groups in total. The first-order valence-electron chi connectivity index (χ1n) is 8.60. The van der Waals surface area contributed by atoms with E-state index in [1.54, 1.807) is 12.1 Å². The quantitative estimate of drug-likeness (QED) is 0.652. The second kappa shape index (κ2) is 8.59. The Morgan fingerprint density at radius 3 is 2.33 bits per heavy atom. The smallest absolute Gasteiger partial charge is 0.225 e. The number of anilines is 1. The summed E-state index contributed by atoms with van der Waals surface area (Å²) in [6, 6.07) is 20.3. The van der Waals surface area contributed by atoms with Crippen LogP contribution in [0.4, 0.5) is 5.82 Å². The minimum Gasteiger partial charge on any atom is -0.309 e. The molecule has 2 aromatic carbocycles. The first kappa shape index (κ1) is 18.1. The lowest BCUT2D eigenvalue weighted by atomic mass is 10.1. The highest BCUT2D eigenvalue weighted by molar-refractivity contribution is 5.96. The van der Waals surface area contributed by atoms with Crippen LogP contribution in [-0.4, -0.2) is 21.5 Å². The molecule has 0 fully saturated rings. The van der Waals surface area contributed by atoms with Crippen molar-refractivity contribution in [3.8, 4) is 11.8 Å². The molecule has 0 radical (unpaired) electrons. The van der Waals surface area contributed by atoms with Crippen molar-refractivity contribution < 1.29 is 9.59 Å². The summed E-state index contributed by atoms with van der Waals surface area (Å²) in [6.45, 7) is 0. The van der Waals surface area contributed by atoms with Crippen molar-refractivity contribution >= 4 is 17.5 Å². The van der Waals surface area contributed by atoms with Gasteiger partial charge in [0.1, 0.15) is 11.6 Å². The van der Waals surface area contributed by atoms with Crippen molar-refractivity contribution in [1.82, 2.24) is 9.78 Å². The maximum atomic E-state index is 12.3. The zero-order chi connectivity index (χ0) is 19.1. The van der Waals surface area contributed by atoms with Crippen LogP contribution in [0, 0.1) is 11.3 Å². The van der Waals surface area contributed by atoms with Gasteiger partial charge in [-0.3, -0.25) is 9.59 Å². The summed E-state index contributed by atoms with van der Waals surface area (Å²) in [5, 5.41) is 16.2. The Kier molecular flexibility index (Phi) is 5.75. The average molecular weight is 358 g/mol. The molecule has 0 aliphatic carbocycles. The fourth-order valence-electron chi connectivity index (χ4n) is 2.69. The van der Waals surface area contributed by atoms with E-state index < -0.39 is 0 Å². The van der Waals surface area contributed by atoms with Crippen molar-refractivity contribution in [3.63, 3.8) is 0 Å². The molecule has 0 saturated carbocycles. The summed E-state index contributed by atoms with van der Waals surface area (Å²) >= 11 is 0. The lowest BCUT2D eigenvalue weighted by Crippen LogP contribution is -2.16. The second-order valence-corrected chi connectivity index (χ2v) is 5.96. The van der Waals surface area contributed by atoms with E-state index in [1.807, 2.05) is 54.6 Å². The van der Waals surface area contributed by atoms with Crippen molar-refractivity contribution in [3.05, 3.63) is 78.0 Å². The molecule has 134 valence electrons. The molecule has 6 nitrogen and oxygen atoms in total. The van der Waals surface area contributed by atoms with Gasteiger partial charge in [0.15, 0.2) is 11.6 Å². The monoisotopic (exact) mass is 358 g/mol.